The van der Waals surface area contributed by atoms with Crippen LogP contribution >= 0.6 is 0 Å². The number of hydrogen-bond donors (Lipinski definition) is 0. The van der Waals surface area contributed by atoms with E-state index in [4.69, 9.17) is 5.10 Å². The molecule has 3 heterocycles. The number of hydrogen-bond acceptors (Lipinski definition) is 4. The third-order valence-corrected chi connectivity index (χ3v) is 5.57. The van der Waals surface area contributed by atoms with Gasteiger partial charge in [-0.3, -0.25) is 9.48 Å². The lowest BCUT2D eigenvalue weighted by Crippen LogP contribution is -2.36. The smallest absolute Gasteiger partial charge is 0.254 e. The number of benzene rings is 2. The Hall–Kier alpha value is -3.74. The predicted molar refractivity (Wildman–Crippen MR) is 113 cm³/mol. The molecule has 0 fully saturated rings. The summed E-state index contributed by atoms with van der Waals surface area (Å²) in [5, 5.41) is 13.3. The van der Waals surface area contributed by atoms with Gasteiger partial charge in [-0.1, -0.05) is 48.5 Å². The zero-order valence-corrected chi connectivity index (χ0v) is 16.8. The number of carbonyl (C=O) groups excluding carboxylic acids is 1. The van der Waals surface area contributed by atoms with Gasteiger partial charge in [0.05, 0.1) is 13.1 Å². The standard InChI is InChI=1S/C23H22N6O/c1-27-20-12-13-28(23(30)18-10-6-3-7-11-18)15-19(20)21(26-27)22-25-24-16-29(22)14-17-8-4-2-5-9-17/h2-11,16H,12-15H2,1H3. The molecule has 0 bridgehead atoms. The molecule has 2 aromatic heterocycles. The number of rotatable bonds is 4. The van der Waals surface area contributed by atoms with E-state index in [9.17, 15) is 4.79 Å². The van der Waals surface area contributed by atoms with Gasteiger partial charge in [-0.2, -0.15) is 5.10 Å². The SMILES string of the molecule is Cn1nc(-c2nncn2Cc2ccccc2)c2c1CCN(C(=O)c1ccccc1)C2. The molecule has 0 aliphatic carbocycles. The maximum Gasteiger partial charge on any atom is 0.254 e. The Bertz CT molecular complexity index is 1180. The van der Waals surface area contributed by atoms with Crippen LogP contribution in [-0.4, -0.2) is 41.9 Å². The van der Waals surface area contributed by atoms with Gasteiger partial charge < -0.3 is 9.47 Å². The lowest BCUT2D eigenvalue weighted by Gasteiger charge is -2.27. The molecule has 7 nitrogen and oxygen atoms in total. The van der Waals surface area contributed by atoms with Crippen LogP contribution in [0.1, 0.15) is 27.2 Å². The first kappa shape index (κ1) is 18.3. The second-order valence-electron chi connectivity index (χ2n) is 7.51. The van der Waals surface area contributed by atoms with Gasteiger partial charge in [0.1, 0.15) is 12.0 Å². The highest BCUT2D eigenvalue weighted by atomic mass is 16.2. The molecule has 4 aromatic rings. The van der Waals surface area contributed by atoms with Crippen molar-refractivity contribution in [3.63, 3.8) is 0 Å². The van der Waals surface area contributed by atoms with Gasteiger partial charge in [-0.25, -0.2) is 0 Å². The number of amides is 1. The van der Waals surface area contributed by atoms with Gasteiger partial charge in [0.15, 0.2) is 5.82 Å². The van der Waals surface area contributed by atoms with Crippen LogP contribution in [0.4, 0.5) is 0 Å². The van der Waals surface area contributed by atoms with Crippen molar-refractivity contribution in [2.45, 2.75) is 19.5 Å². The predicted octanol–water partition coefficient (Wildman–Crippen LogP) is 2.93. The van der Waals surface area contributed by atoms with Crippen LogP contribution in [0.25, 0.3) is 11.5 Å². The summed E-state index contributed by atoms with van der Waals surface area (Å²) in [7, 11) is 1.95. The Morgan fingerprint density at radius 3 is 2.53 bits per heavy atom. The fourth-order valence-corrected chi connectivity index (χ4v) is 4.04. The van der Waals surface area contributed by atoms with Crippen molar-refractivity contribution >= 4 is 5.91 Å². The molecule has 0 saturated heterocycles. The number of aromatic nitrogens is 5. The van der Waals surface area contributed by atoms with Crippen LogP contribution in [0.2, 0.25) is 0 Å². The summed E-state index contributed by atoms with van der Waals surface area (Å²) in [5.74, 6) is 0.770. The summed E-state index contributed by atoms with van der Waals surface area (Å²) in [6.45, 7) is 1.86. The third kappa shape index (κ3) is 3.28. The van der Waals surface area contributed by atoms with Crippen LogP contribution in [0.5, 0.6) is 0 Å². The quantitative estimate of drug-likeness (QED) is 0.530. The Balaban J connectivity index is 1.47. The molecule has 30 heavy (non-hydrogen) atoms. The lowest BCUT2D eigenvalue weighted by molar-refractivity contribution is 0.0733. The van der Waals surface area contributed by atoms with E-state index >= 15 is 0 Å². The summed E-state index contributed by atoms with van der Waals surface area (Å²) >= 11 is 0. The largest absolute Gasteiger partial charge is 0.334 e. The van der Waals surface area contributed by atoms with Crippen LogP contribution in [0.15, 0.2) is 67.0 Å². The molecule has 0 radical (unpaired) electrons. The van der Waals surface area contributed by atoms with Crippen LogP contribution in [0, 0.1) is 0 Å². The van der Waals surface area contributed by atoms with E-state index in [-0.39, 0.29) is 5.91 Å². The van der Waals surface area contributed by atoms with E-state index in [1.54, 1.807) is 6.33 Å². The van der Waals surface area contributed by atoms with Crippen molar-refractivity contribution in [1.82, 2.24) is 29.4 Å². The van der Waals surface area contributed by atoms with Crippen molar-refractivity contribution < 1.29 is 4.79 Å². The average Bonchev–Trinajstić information content (AvgIpc) is 3.38. The van der Waals surface area contributed by atoms with E-state index in [1.165, 1.54) is 5.56 Å². The Labute approximate surface area is 174 Å². The highest BCUT2D eigenvalue weighted by Crippen LogP contribution is 2.29. The molecule has 0 N–H and O–H groups in total. The normalized spacial score (nSPS) is 13.3. The molecule has 0 saturated carbocycles. The Morgan fingerprint density at radius 2 is 1.77 bits per heavy atom. The van der Waals surface area contributed by atoms with E-state index < -0.39 is 0 Å². The third-order valence-electron chi connectivity index (χ3n) is 5.57. The fourth-order valence-electron chi connectivity index (χ4n) is 4.04. The second-order valence-corrected chi connectivity index (χ2v) is 7.51. The van der Waals surface area contributed by atoms with Crippen LogP contribution in [-0.2, 0) is 26.6 Å². The molecule has 5 rings (SSSR count). The van der Waals surface area contributed by atoms with E-state index in [0.717, 1.165) is 29.2 Å². The average molecular weight is 398 g/mol. The number of aryl methyl sites for hydroxylation is 1. The summed E-state index contributed by atoms with van der Waals surface area (Å²) in [6, 6.07) is 19.6. The minimum Gasteiger partial charge on any atom is -0.334 e. The van der Waals surface area contributed by atoms with Gasteiger partial charge in [0, 0.05) is 36.8 Å². The second kappa shape index (κ2) is 7.59. The minimum absolute atomic E-state index is 0.0433. The van der Waals surface area contributed by atoms with Crippen LogP contribution in [0.3, 0.4) is 0 Å². The summed E-state index contributed by atoms with van der Waals surface area (Å²) in [6.07, 6.45) is 2.50. The van der Waals surface area contributed by atoms with Gasteiger partial charge in [-0.05, 0) is 17.7 Å². The molecule has 150 valence electrons. The maximum atomic E-state index is 13.0. The Kier molecular flexibility index (Phi) is 4.63. The monoisotopic (exact) mass is 398 g/mol. The minimum atomic E-state index is 0.0433. The zero-order chi connectivity index (χ0) is 20.5. The van der Waals surface area contributed by atoms with Gasteiger partial charge in [0.25, 0.3) is 5.91 Å². The number of fused-ring (bicyclic) bond motifs is 1. The molecule has 1 aliphatic rings. The first-order chi connectivity index (χ1) is 14.7. The first-order valence-corrected chi connectivity index (χ1v) is 10.0. The molecule has 1 amide bonds. The van der Waals surface area contributed by atoms with Gasteiger partial charge in [0.2, 0.25) is 0 Å². The first-order valence-electron chi connectivity index (χ1n) is 10.0. The molecular weight excluding hydrogens is 376 g/mol. The Morgan fingerprint density at radius 1 is 1.03 bits per heavy atom. The molecule has 0 spiro atoms. The summed E-state index contributed by atoms with van der Waals surface area (Å²) in [4.78, 5) is 14.9. The molecule has 0 atom stereocenters. The van der Waals surface area contributed by atoms with Gasteiger partial charge in [-0.15, -0.1) is 10.2 Å². The van der Waals surface area contributed by atoms with Crippen molar-refractivity contribution in [3.8, 4) is 11.5 Å². The van der Waals surface area contributed by atoms with Crippen LogP contribution < -0.4 is 0 Å². The van der Waals surface area contributed by atoms with Crippen molar-refractivity contribution in [2.24, 2.45) is 7.05 Å². The van der Waals surface area contributed by atoms with E-state index in [1.807, 2.05) is 69.7 Å². The topological polar surface area (TPSA) is 68.8 Å². The fraction of sp³-hybridized carbons (Fsp3) is 0.217. The summed E-state index contributed by atoms with van der Waals surface area (Å²) < 4.78 is 3.92. The highest BCUT2D eigenvalue weighted by Gasteiger charge is 2.29. The van der Waals surface area contributed by atoms with Crippen molar-refractivity contribution in [2.75, 3.05) is 6.54 Å². The molecular formula is C23H22N6O. The zero-order valence-electron chi connectivity index (χ0n) is 16.8. The molecule has 0 unspecified atom stereocenters. The molecule has 2 aromatic carbocycles. The highest BCUT2D eigenvalue weighted by molar-refractivity contribution is 5.94. The van der Waals surface area contributed by atoms with E-state index in [0.29, 0.717) is 25.2 Å². The summed E-state index contributed by atoms with van der Waals surface area (Å²) in [5.41, 5.74) is 4.88. The number of nitrogens with zero attached hydrogens (tertiary/aromatic N) is 6. The lowest BCUT2D eigenvalue weighted by atomic mass is 10.0. The van der Waals surface area contributed by atoms with E-state index in [2.05, 4.69) is 22.3 Å². The molecule has 1 aliphatic heterocycles. The van der Waals surface area contributed by atoms with Gasteiger partial charge >= 0.3 is 0 Å². The number of carbonyl (C=O) groups is 1. The van der Waals surface area contributed by atoms with Crippen molar-refractivity contribution in [3.05, 3.63) is 89.4 Å². The molecule has 7 heteroatoms. The maximum absolute atomic E-state index is 13.0. The van der Waals surface area contributed by atoms with Crippen molar-refractivity contribution in [1.29, 1.82) is 0 Å².